The molecule has 0 saturated carbocycles. The third kappa shape index (κ3) is 3.62. The van der Waals surface area contributed by atoms with Crippen molar-refractivity contribution in [1.29, 1.82) is 0 Å². The third-order valence-corrected chi connectivity index (χ3v) is 4.18. The van der Waals surface area contributed by atoms with Crippen LogP contribution >= 0.6 is 0 Å². The first kappa shape index (κ1) is 16.4. The zero-order valence-corrected chi connectivity index (χ0v) is 13.0. The molecule has 0 radical (unpaired) electrons. The molecule has 2 aromatic rings. The number of hydrogen-bond donors (Lipinski definition) is 2. The van der Waals surface area contributed by atoms with Crippen molar-refractivity contribution in [3.8, 4) is 0 Å². The molecular formula is C19H22O3. The molecule has 0 bridgehead atoms. The van der Waals surface area contributed by atoms with Gasteiger partial charge in [-0.3, -0.25) is 4.79 Å². The second-order valence-corrected chi connectivity index (χ2v) is 5.65. The van der Waals surface area contributed by atoms with Crippen molar-refractivity contribution < 1.29 is 15.0 Å². The van der Waals surface area contributed by atoms with E-state index in [0.29, 0.717) is 0 Å². The Labute approximate surface area is 131 Å². The molecular weight excluding hydrogens is 276 g/mol. The Kier molecular flexibility index (Phi) is 5.47. The van der Waals surface area contributed by atoms with E-state index in [2.05, 4.69) is 0 Å². The lowest BCUT2D eigenvalue weighted by Gasteiger charge is -2.17. The van der Waals surface area contributed by atoms with Gasteiger partial charge in [0.1, 0.15) is 5.78 Å². The van der Waals surface area contributed by atoms with E-state index in [4.69, 9.17) is 10.2 Å². The molecule has 2 aromatic carbocycles. The van der Waals surface area contributed by atoms with Gasteiger partial charge >= 0.3 is 0 Å². The first-order chi connectivity index (χ1) is 10.6. The molecule has 116 valence electrons. The Morgan fingerprint density at radius 2 is 1.09 bits per heavy atom. The van der Waals surface area contributed by atoms with Crippen LogP contribution in [0.4, 0.5) is 0 Å². The molecule has 0 aliphatic heterocycles. The summed E-state index contributed by atoms with van der Waals surface area (Å²) in [6.07, 6.45) is 0. The average molecular weight is 298 g/mol. The number of aliphatic hydroxyl groups is 2. The van der Waals surface area contributed by atoms with E-state index in [1.54, 1.807) is 0 Å². The standard InChI is InChI=1S/C19H22O3/c1-13(17-7-3-15(11-20)4-8-17)19(22)14(2)18-9-5-16(12-21)6-10-18/h3-10,13-14,20-21H,11-12H2,1-2H3. The minimum absolute atomic E-state index is 0.0101. The van der Waals surface area contributed by atoms with Crippen LogP contribution in [0.1, 0.15) is 47.9 Å². The normalized spacial score (nSPS) is 13.6. The highest BCUT2D eigenvalue weighted by Crippen LogP contribution is 2.26. The van der Waals surface area contributed by atoms with Crippen LogP contribution in [0.2, 0.25) is 0 Å². The SMILES string of the molecule is CC(C(=O)C(C)c1ccc(CO)cc1)c1ccc(CO)cc1. The Morgan fingerprint density at radius 3 is 1.36 bits per heavy atom. The summed E-state index contributed by atoms with van der Waals surface area (Å²) >= 11 is 0. The molecule has 0 aliphatic carbocycles. The molecule has 2 unspecified atom stereocenters. The van der Waals surface area contributed by atoms with E-state index in [1.807, 2.05) is 62.4 Å². The maximum absolute atomic E-state index is 12.7. The van der Waals surface area contributed by atoms with Crippen LogP contribution in [0.25, 0.3) is 0 Å². The monoisotopic (exact) mass is 298 g/mol. The van der Waals surface area contributed by atoms with Gasteiger partial charge in [-0.2, -0.15) is 0 Å². The summed E-state index contributed by atoms with van der Waals surface area (Å²) in [7, 11) is 0. The Hall–Kier alpha value is -1.97. The fourth-order valence-electron chi connectivity index (χ4n) is 2.53. The summed E-state index contributed by atoms with van der Waals surface area (Å²) < 4.78 is 0. The molecule has 0 fully saturated rings. The molecule has 3 nitrogen and oxygen atoms in total. The Morgan fingerprint density at radius 1 is 0.773 bits per heavy atom. The second-order valence-electron chi connectivity index (χ2n) is 5.65. The molecule has 22 heavy (non-hydrogen) atoms. The molecule has 2 atom stereocenters. The van der Waals surface area contributed by atoms with E-state index in [0.717, 1.165) is 22.3 Å². The highest BCUT2D eigenvalue weighted by atomic mass is 16.3. The van der Waals surface area contributed by atoms with E-state index in [9.17, 15) is 4.79 Å². The predicted octanol–water partition coefficient (Wildman–Crippen LogP) is 3.15. The number of carbonyl (C=O) groups excluding carboxylic acids is 1. The van der Waals surface area contributed by atoms with Crippen LogP contribution in [0.5, 0.6) is 0 Å². The quantitative estimate of drug-likeness (QED) is 0.861. The van der Waals surface area contributed by atoms with Crippen LogP contribution in [0.3, 0.4) is 0 Å². The van der Waals surface area contributed by atoms with Gasteiger partial charge < -0.3 is 10.2 Å². The van der Waals surface area contributed by atoms with Crippen molar-refractivity contribution in [3.05, 3.63) is 70.8 Å². The van der Waals surface area contributed by atoms with Gasteiger partial charge in [-0.05, 0) is 22.3 Å². The Bertz CT molecular complexity index is 559. The van der Waals surface area contributed by atoms with E-state index < -0.39 is 0 Å². The van der Waals surface area contributed by atoms with Crippen LogP contribution in [0, 0.1) is 0 Å². The maximum atomic E-state index is 12.7. The van der Waals surface area contributed by atoms with Gasteiger partial charge in [-0.25, -0.2) is 0 Å². The molecule has 3 heteroatoms. The summed E-state index contributed by atoms with van der Waals surface area (Å²) in [5.41, 5.74) is 3.61. The Balaban J connectivity index is 2.13. The fraction of sp³-hybridized carbons (Fsp3) is 0.316. The van der Waals surface area contributed by atoms with Crippen LogP contribution in [0.15, 0.2) is 48.5 Å². The highest BCUT2D eigenvalue weighted by Gasteiger charge is 2.22. The maximum Gasteiger partial charge on any atom is 0.147 e. The zero-order valence-electron chi connectivity index (χ0n) is 13.0. The van der Waals surface area contributed by atoms with Crippen LogP contribution < -0.4 is 0 Å². The van der Waals surface area contributed by atoms with Gasteiger partial charge in [0.25, 0.3) is 0 Å². The number of aliphatic hydroxyl groups excluding tert-OH is 2. The number of rotatable bonds is 6. The molecule has 0 spiro atoms. The fourth-order valence-corrected chi connectivity index (χ4v) is 2.53. The molecule has 2 N–H and O–H groups in total. The van der Waals surface area contributed by atoms with Gasteiger partial charge in [0.15, 0.2) is 0 Å². The van der Waals surface area contributed by atoms with Crippen LogP contribution in [-0.4, -0.2) is 16.0 Å². The number of hydrogen-bond acceptors (Lipinski definition) is 3. The number of ketones is 1. The highest BCUT2D eigenvalue weighted by molar-refractivity contribution is 5.91. The lowest BCUT2D eigenvalue weighted by atomic mass is 9.85. The molecule has 2 rings (SSSR count). The second kappa shape index (κ2) is 7.34. The zero-order chi connectivity index (χ0) is 16.1. The average Bonchev–Trinajstić information content (AvgIpc) is 2.60. The van der Waals surface area contributed by atoms with Gasteiger partial charge in [0.05, 0.1) is 13.2 Å². The smallest absolute Gasteiger partial charge is 0.147 e. The van der Waals surface area contributed by atoms with Crippen LogP contribution in [-0.2, 0) is 18.0 Å². The van der Waals surface area contributed by atoms with E-state index in [-0.39, 0.29) is 30.8 Å². The van der Waals surface area contributed by atoms with Gasteiger partial charge in [-0.15, -0.1) is 0 Å². The van der Waals surface area contributed by atoms with Crippen molar-refractivity contribution >= 4 is 5.78 Å². The van der Waals surface area contributed by atoms with Crippen molar-refractivity contribution in [2.45, 2.75) is 38.9 Å². The topological polar surface area (TPSA) is 57.5 Å². The van der Waals surface area contributed by atoms with Gasteiger partial charge in [0, 0.05) is 11.8 Å². The summed E-state index contributed by atoms with van der Waals surface area (Å²) in [4.78, 5) is 12.7. The minimum atomic E-state index is -0.194. The predicted molar refractivity (Wildman–Crippen MR) is 86.6 cm³/mol. The summed E-state index contributed by atoms with van der Waals surface area (Å²) in [6, 6.07) is 15.0. The molecule has 0 saturated heterocycles. The molecule has 0 amide bonds. The lowest BCUT2D eigenvalue weighted by Crippen LogP contribution is -2.16. The summed E-state index contributed by atoms with van der Waals surface area (Å²) in [5, 5.41) is 18.1. The summed E-state index contributed by atoms with van der Waals surface area (Å²) in [6.45, 7) is 3.84. The molecule has 0 aliphatic rings. The first-order valence-corrected chi connectivity index (χ1v) is 7.50. The summed E-state index contributed by atoms with van der Waals surface area (Å²) in [5.74, 6) is -0.228. The van der Waals surface area contributed by atoms with E-state index >= 15 is 0 Å². The number of Topliss-reactive ketones (excluding diaryl/α,β-unsaturated/α-hetero) is 1. The van der Waals surface area contributed by atoms with E-state index in [1.165, 1.54) is 0 Å². The largest absolute Gasteiger partial charge is 0.392 e. The molecule has 0 aromatic heterocycles. The minimum Gasteiger partial charge on any atom is -0.392 e. The lowest BCUT2D eigenvalue weighted by molar-refractivity contribution is -0.121. The molecule has 0 heterocycles. The van der Waals surface area contributed by atoms with Gasteiger partial charge in [-0.1, -0.05) is 62.4 Å². The number of carbonyl (C=O) groups is 1. The van der Waals surface area contributed by atoms with Crippen molar-refractivity contribution in [2.75, 3.05) is 0 Å². The van der Waals surface area contributed by atoms with Crippen molar-refractivity contribution in [1.82, 2.24) is 0 Å². The number of benzene rings is 2. The first-order valence-electron chi connectivity index (χ1n) is 7.50. The third-order valence-electron chi connectivity index (χ3n) is 4.18. The van der Waals surface area contributed by atoms with Crippen molar-refractivity contribution in [3.63, 3.8) is 0 Å². The van der Waals surface area contributed by atoms with Gasteiger partial charge in [0.2, 0.25) is 0 Å². The van der Waals surface area contributed by atoms with Crippen molar-refractivity contribution in [2.24, 2.45) is 0 Å².